The lowest BCUT2D eigenvalue weighted by atomic mass is 10.0. The number of hydrogen-bond donors (Lipinski definition) is 1. The van der Waals surface area contributed by atoms with Crippen molar-refractivity contribution < 1.29 is 4.74 Å². The predicted molar refractivity (Wildman–Crippen MR) is 81.3 cm³/mol. The molecule has 0 aliphatic heterocycles. The summed E-state index contributed by atoms with van der Waals surface area (Å²) in [6.07, 6.45) is 3.00. The van der Waals surface area contributed by atoms with E-state index in [2.05, 4.69) is 49.2 Å². The third-order valence-corrected chi connectivity index (χ3v) is 2.86. The number of ether oxygens (including phenoxy) is 1. The van der Waals surface area contributed by atoms with Crippen LogP contribution in [0.3, 0.4) is 0 Å². The van der Waals surface area contributed by atoms with Crippen molar-refractivity contribution in [3.05, 3.63) is 29.8 Å². The van der Waals surface area contributed by atoms with E-state index < -0.39 is 0 Å². The molecule has 1 N–H and O–H groups in total. The van der Waals surface area contributed by atoms with Crippen LogP contribution >= 0.6 is 0 Å². The Kier molecular flexibility index (Phi) is 7.77. The number of rotatable bonds is 8. The van der Waals surface area contributed by atoms with Gasteiger partial charge in [0.15, 0.2) is 0 Å². The fourth-order valence-electron chi connectivity index (χ4n) is 1.87. The first-order valence-corrected chi connectivity index (χ1v) is 7.17. The van der Waals surface area contributed by atoms with Gasteiger partial charge in [-0.15, -0.1) is 11.8 Å². The van der Waals surface area contributed by atoms with Crippen molar-refractivity contribution in [1.29, 1.82) is 0 Å². The Morgan fingerprint density at radius 2 is 2.11 bits per heavy atom. The van der Waals surface area contributed by atoms with Crippen LogP contribution in [-0.4, -0.2) is 13.2 Å². The summed E-state index contributed by atoms with van der Waals surface area (Å²) in [4.78, 5) is 0. The van der Waals surface area contributed by atoms with Gasteiger partial charge in [-0.25, -0.2) is 0 Å². The molecule has 0 amide bonds. The van der Waals surface area contributed by atoms with E-state index in [1.165, 1.54) is 5.56 Å². The third kappa shape index (κ3) is 5.81. The van der Waals surface area contributed by atoms with Crippen molar-refractivity contribution in [3.8, 4) is 17.6 Å². The average Bonchev–Trinajstić information content (AvgIpc) is 2.45. The first-order valence-electron chi connectivity index (χ1n) is 7.17. The van der Waals surface area contributed by atoms with Crippen molar-refractivity contribution >= 4 is 0 Å². The predicted octanol–water partition coefficient (Wildman–Crippen LogP) is 3.93. The highest BCUT2D eigenvalue weighted by molar-refractivity contribution is 5.31. The number of benzene rings is 1. The molecule has 0 saturated heterocycles. The van der Waals surface area contributed by atoms with E-state index in [1.807, 2.05) is 13.0 Å². The summed E-state index contributed by atoms with van der Waals surface area (Å²) in [7, 11) is 0. The highest BCUT2D eigenvalue weighted by atomic mass is 16.5. The Morgan fingerprint density at radius 1 is 1.26 bits per heavy atom. The van der Waals surface area contributed by atoms with Crippen LogP contribution in [0, 0.1) is 11.8 Å². The van der Waals surface area contributed by atoms with Gasteiger partial charge in [0.1, 0.15) is 5.75 Å². The molecule has 0 aliphatic carbocycles. The summed E-state index contributed by atoms with van der Waals surface area (Å²) in [5.74, 6) is 7.09. The van der Waals surface area contributed by atoms with Crippen molar-refractivity contribution in [3.63, 3.8) is 0 Å². The highest BCUT2D eigenvalue weighted by Gasteiger charge is 2.10. The standard InChI is InChI=1S/C17H25NO/c1-4-7-11-17(18-12-5-2)15-9-8-10-16(14-15)19-13-6-3/h8-10,14,17-18H,5-6,11-13H2,1-3H3. The summed E-state index contributed by atoms with van der Waals surface area (Å²) >= 11 is 0. The summed E-state index contributed by atoms with van der Waals surface area (Å²) in [6, 6.07) is 8.63. The van der Waals surface area contributed by atoms with Crippen LogP contribution in [-0.2, 0) is 0 Å². The summed E-state index contributed by atoms with van der Waals surface area (Å²) in [5.41, 5.74) is 1.25. The van der Waals surface area contributed by atoms with Crippen molar-refractivity contribution in [1.82, 2.24) is 5.32 Å². The zero-order chi connectivity index (χ0) is 13.9. The Balaban J connectivity index is 2.77. The third-order valence-electron chi connectivity index (χ3n) is 2.86. The molecule has 1 aromatic rings. The van der Waals surface area contributed by atoms with E-state index in [0.717, 1.165) is 38.2 Å². The Labute approximate surface area is 117 Å². The van der Waals surface area contributed by atoms with Crippen molar-refractivity contribution in [2.75, 3.05) is 13.2 Å². The zero-order valence-corrected chi connectivity index (χ0v) is 12.3. The van der Waals surface area contributed by atoms with E-state index in [-0.39, 0.29) is 6.04 Å². The van der Waals surface area contributed by atoms with E-state index in [4.69, 9.17) is 4.74 Å². The van der Waals surface area contributed by atoms with Gasteiger partial charge in [-0.1, -0.05) is 26.0 Å². The van der Waals surface area contributed by atoms with Gasteiger partial charge in [-0.2, -0.15) is 0 Å². The largest absolute Gasteiger partial charge is 0.494 e. The van der Waals surface area contributed by atoms with Crippen LogP contribution in [0.4, 0.5) is 0 Å². The minimum Gasteiger partial charge on any atom is -0.494 e. The maximum Gasteiger partial charge on any atom is 0.119 e. The van der Waals surface area contributed by atoms with E-state index in [0.29, 0.717) is 0 Å². The SMILES string of the molecule is CC#CCC(NCCC)c1cccc(OCCC)c1. The minimum absolute atomic E-state index is 0.289. The second-order valence-electron chi connectivity index (χ2n) is 4.56. The van der Waals surface area contributed by atoms with Gasteiger partial charge >= 0.3 is 0 Å². The molecule has 1 aromatic carbocycles. The molecule has 1 unspecified atom stereocenters. The molecule has 2 nitrogen and oxygen atoms in total. The molecule has 2 heteroatoms. The summed E-state index contributed by atoms with van der Waals surface area (Å²) in [5, 5.41) is 3.55. The monoisotopic (exact) mass is 259 g/mol. The fourth-order valence-corrected chi connectivity index (χ4v) is 1.87. The number of nitrogens with one attached hydrogen (secondary N) is 1. The lowest BCUT2D eigenvalue weighted by molar-refractivity contribution is 0.316. The van der Waals surface area contributed by atoms with E-state index in [1.54, 1.807) is 0 Å². The number of hydrogen-bond acceptors (Lipinski definition) is 2. The van der Waals surface area contributed by atoms with Gasteiger partial charge in [0.2, 0.25) is 0 Å². The highest BCUT2D eigenvalue weighted by Crippen LogP contribution is 2.21. The van der Waals surface area contributed by atoms with Crippen LogP contribution < -0.4 is 10.1 Å². The van der Waals surface area contributed by atoms with Crippen molar-refractivity contribution in [2.45, 2.75) is 46.1 Å². The second kappa shape index (κ2) is 9.47. The van der Waals surface area contributed by atoms with Gasteiger partial charge in [0.05, 0.1) is 6.61 Å². The first-order chi connectivity index (χ1) is 9.31. The molecule has 0 aliphatic rings. The van der Waals surface area contributed by atoms with Crippen LogP contribution in [0.5, 0.6) is 5.75 Å². The lowest BCUT2D eigenvalue weighted by Crippen LogP contribution is -2.21. The molecule has 0 heterocycles. The topological polar surface area (TPSA) is 21.3 Å². The molecule has 0 aromatic heterocycles. The Hall–Kier alpha value is -1.46. The molecule has 0 fully saturated rings. The quantitative estimate of drug-likeness (QED) is 0.714. The van der Waals surface area contributed by atoms with E-state index >= 15 is 0 Å². The van der Waals surface area contributed by atoms with Crippen LogP contribution in [0.1, 0.15) is 51.6 Å². The average molecular weight is 259 g/mol. The molecule has 0 bridgehead atoms. The molecule has 0 saturated carbocycles. The van der Waals surface area contributed by atoms with Crippen molar-refractivity contribution in [2.24, 2.45) is 0 Å². The smallest absolute Gasteiger partial charge is 0.119 e. The lowest BCUT2D eigenvalue weighted by Gasteiger charge is -2.17. The van der Waals surface area contributed by atoms with Gasteiger partial charge in [0.25, 0.3) is 0 Å². The first kappa shape index (κ1) is 15.6. The van der Waals surface area contributed by atoms with Gasteiger partial charge in [-0.05, 0) is 44.0 Å². The van der Waals surface area contributed by atoms with Gasteiger partial charge in [-0.3, -0.25) is 0 Å². The molecular formula is C17H25NO. The molecule has 0 radical (unpaired) electrons. The Morgan fingerprint density at radius 3 is 2.79 bits per heavy atom. The summed E-state index contributed by atoms with van der Waals surface area (Å²) in [6.45, 7) is 7.96. The van der Waals surface area contributed by atoms with Crippen LogP contribution in [0.25, 0.3) is 0 Å². The molecule has 1 atom stereocenters. The molecule has 104 valence electrons. The molecule has 0 spiro atoms. The van der Waals surface area contributed by atoms with E-state index in [9.17, 15) is 0 Å². The molecule has 1 rings (SSSR count). The normalized spacial score (nSPS) is 11.5. The Bertz CT molecular complexity index is 417. The maximum atomic E-state index is 5.69. The summed E-state index contributed by atoms with van der Waals surface area (Å²) < 4.78 is 5.69. The second-order valence-corrected chi connectivity index (χ2v) is 4.56. The van der Waals surface area contributed by atoms with Crippen LogP contribution in [0.15, 0.2) is 24.3 Å². The van der Waals surface area contributed by atoms with Gasteiger partial charge in [0, 0.05) is 12.5 Å². The minimum atomic E-state index is 0.289. The fraction of sp³-hybridized carbons (Fsp3) is 0.529. The molecule has 19 heavy (non-hydrogen) atoms. The zero-order valence-electron chi connectivity index (χ0n) is 12.3. The van der Waals surface area contributed by atoms with Gasteiger partial charge < -0.3 is 10.1 Å². The van der Waals surface area contributed by atoms with Crippen LogP contribution in [0.2, 0.25) is 0 Å². The maximum absolute atomic E-state index is 5.69. The molecular weight excluding hydrogens is 234 g/mol.